The van der Waals surface area contributed by atoms with Crippen LogP contribution in [0.2, 0.25) is 0 Å². The lowest BCUT2D eigenvalue weighted by Crippen LogP contribution is -2.12. The molecule has 1 aromatic heterocycles. The summed E-state index contributed by atoms with van der Waals surface area (Å²) >= 11 is 0. The first kappa shape index (κ1) is 12.9. The third-order valence-electron chi connectivity index (χ3n) is 2.15. The molecule has 0 spiro atoms. The second-order valence-electron chi connectivity index (χ2n) is 4.31. The van der Waals surface area contributed by atoms with E-state index in [2.05, 4.69) is 29.1 Å². The average molecular weight is 223 g/mol. The van der Waals surface area contributed by atoms with Gasteiger partial charge in [0.05, 0.1) is 6.61 Å². The Labute approximate surface area is 97.5 Å². The van der Waals surface area contributed by atoms with Crippen LogP contribution >= 0.6 is 0 Å². The minimum atomic E-state index is 0.665. The van der Waals surface area contributed by atoms with Crippen molar-refractivity contribution in [3.63, 3.8) is 0 Å². The van der Waals surface area contributed by atoms with Crippen LogP contribution in [0.4, 0.5) is 5.95 Å². The molecular weight excluding hydrogens is 202 g/mol. The highest BCUT2D eigenvalue weighted by Crippen LogP contribution is 1.99. The molecule has 1 heterocycles. The summed E-state index contributed by atoms with van der Waals surface area (Å²) in [5.74, 6) is 1.37. The fraction of sp³-hybridized carbons (Fsp3) is 0.667. The lowest BCUT2D eigenvalue weighted by atomic mass is 10.1. The third kappa shape index (κ3) is 5.66. The molecule has 0 atom stereocenters. The molecule has 0 radical (unpaired) electrons. The summed E-state index contributed by atoms with van der Waals surface area (Å²) in [6.45, 7) is 8.64. The molecule has 0 bridgehead atoms. The van der Waals surface area contributed by atoms with Crippen LogP contribution in [0, 0.1) is 12.8 Å². The minimum absolute atomic E-state index is 0.665. The normalized spacial score (nSPS) is 10.8. The predicted molar refractivity (Wildman–Crippen MR) is 65.5 cm³/mol. The minimum Gasteiger partial charge on any atom is -0.380 e. The van der Waals surface area contributed by atoms with E-state index >= 15 is 0 Å². The summed E-state index contributed by atoms with van der Waals surface area (Å²) in [5.41, 5.74) is 1.07. The van der Waals surface area contributed by atoms with Gasteiger partial charge in [0.25, 0.3) is 0 Å². The first-order chi connectivity index (χ1) is 7.68. The standard InChI is InChI=1S/C12H21N3O/c1-10(2)4-6-16-7-5-13-12-14-8-11(3)9-15-12/h8-10H,4-7H2,1-3H3,(H,13,14,15). The van der Waals surface area contributed by atoms with Crippen LogP contribution in [-0.2, 0) is 4.74 Å². The van der Waals surface area contributed by atoms with Crippen molar-refractivity contribution in [1.82, 2.24) is 9.97 Å². The van der Waals surface area contributed by atoms with Gasteiger partial charge < -0.3 is 10.1 Å². The maximum atomic E-state index is 5.47. The zero-order chi connectivity index (χ0) is 11.8. The largest absolute Gasteiger partial charge is 0.380 e. The van der Waals surface area contributed by atoms with Crippen LogP contribution in [0.3, 0.4) is 0 Å². The van der Waals surface area contributed by atoms with Gasteiger partial charge in [-0.25, -0.2) is 9.97 Å². The van der Waals surface area contributed by atoms with Crippen molar-refractivity contribution in [2.45, 2.75) is 27.2 Å². The summed E-state index contributed by atoms with van der Waals surface area (Å²) in [7, 11) is 0. The monoisotopic (exact) mass is 223 g/mol. The molecule has 0 amide bonds. The average Bonchev–Trinajstić information content (AvgIpc) is 2.25. The molecule has 1 aromatic rings. The quantitative estimate of drug-likeness (QED) is 0.720. The van der Waals surface area contributed by atoms with E-state index in [4.69, 9.17) is 4.74 Å². The molecule has 0 fully saturated rings. The summed E-state index contributed by atoms with van der Waals surface area (Å²) < 4.78 is 5.47. The molecule has 1 N–H and O–H groups in total. The smallest absolute Gasteiger partial charge is 0.222 e. The zero-order valence-corrected chi connectivity index (χ0v) is 10.4. The lowest BCUT2D eigenvalue weighted by molar-refractivity contribution is 0.132. The number of aromatic nitrogens is 2. The van der Waals surface area contributed by atoms with E-state index in [-0.39, 0.29) is 0 Å². The number of nitrogens with one attached hydrogen (secondary N) is 1. The van der Waals surface area contributed by atoms with Gasteiger partial charge in [-0.15, -0.1) is 0 Å². The Morgan fingerprint density at radius 2 is 1.94 bits per heavy atom. The van der Waals surface area contributed by atoms with Crippen molar-refractivity contribution in [3.05, 3.63) is 18.0 Å². The molecule has 4 nitrogen and oxygen atoms in total. The third-order valence-corrected chi connectivity index (χ3v) is 2.15. The van der Waals surface area contributed by atoms with Crippen molar-refractivity contribution in [2.75, 3.05) is 25.1 Å². The van der Waals surface area contributed by atoms with E-state index < -0.39 is 0 Å². The number of anilines is 1. The summed E-state index contributed by atoms with van der Waals surface area (Å²) in [4.78, 5) is 8.29. The Morgan fingerprint density at radius 1 is 1.25 bits per heavy atom. The van der Waals surface area contributed by atoms with E-state index in [0.29, 0.717) is 18.5 Å². The van der Waals surface area contributed by atoms with Crippen molar-refractivity contribution >= 4 is 5.95 Å². The van der Waals surface area contributed by atoms with E-state index in [0.717, 1.165) is 25.1 Å². The second-order valence-corrected chi connectivity index (χ2v) is 4.31. The number of nitrogens with zero attached hydrogens (tertiary/aromatic N) is 2. The molecule has 0 saturated heterocycles. The Bertz CT molecular complexity index is 285. The molecule has 0 aliphatic rings. The Hall–Kier alpha value is -1.16. The fourth-order valence-corrected chi connectivity index (χ4v) is 1.14. The van der Waals surface area contributed by atoms with Gasteiger partial charge in [0.2, 0.25) is 5.95 Å². The van der Waals surface area contributed by atoms with Crippen LogP contribution in [0.15, 0.2) is 12.4 Å². The summed E-state index contributed by atoms with van der Waals surface area (Å²) in [5, 5.41) is 3.11. The van der Waals surface area contributed by atoms with Gasteiger partial charge in [0.1, 0.15) is 0 Å². The number of ether oxygens (including phenoxy) is 1. The van der Waals surface area contributed by atoms with Crippen LogP contribution in [0.25, 0.3) is 0 Å². The van der Waals surface area contributed by atoms with E-state index in [1.165, 1.54) is 0 Å². The zero-order valence-electron chi connectivity index (χ0n) is 10.4. The number of rotatable bonds is 7. The Balaban J connectivity index is 2.05. The molecule has 16 heavy (non-hydrogen) atoms. The summed E-state index contributed by atoms with van der Waals surface area (Å²) in [6, 6.07) is 0. The fourth-order valence-electron chi connectivity index (χ4n) is 1.14. The maximum absolute atomic E-state index is 5.47. The molecule has 0 saturated carbocycles. The van der Waals surface area contributed by atoms with E-state index in [1.54, 1.807) is 12.4 Å². The predicted octanol–water partition coefficient (Wildman–Crippen LogP) is 2.26. The molecule has 0 aliphatic heterocycles. The van der Waals surface area contributed by atoms with Gasteiger partial charge in [-0.3, -0.25) is 0 Å². The number of hydrogen-bond acceptors (Lipinski definition) is 4. The maximum Gasteiger partial charge on any atom is 0.222 e. The van der Waals surface area contributed by atoms with Gasteiger partial charge in [-0.05, 0) is 24.8 Å². The Kier molecular flexibility index (Phi) is 5.78. The highest BCUT2D eigenvalue weighted by molar-refractivity contribution is 5.23. The molecule has 1 rings (SSSR count). The SMILES string of the molecule is Cc1cnc(NCCOCCC(C)C)nc1. The molecular formula is C12H21N3O. The molecule has 0 aliphatic carbocycles. The van der Waals surface area contributed by atoms with Crippen LogP contribution in [0.1, 0.15) is 25.8 Å². The van der Waals surface area contributed by atoms with Gasteiger partial charge in [0.15, 0.2) is 0 Å². The van der Waals surface area contributed by atoms with Crippen molar-refractivity contribution < 1.29 is 4.74 Å². The summed E-state index contributed by atoms with van der Waals surface area (Å²) in [6.07, 6.45) is 4.71. The van der Waals surface area contributed by atoms with Crippen LogP contribution in [0.5, 0.6) is 0 Å². The van der Waals surface area contributed by atoms with E-state index in [9.17, 15) is 0 Å². The molecule has 0 aromatic carbocycles. The van der Waals surface area contributed by atoms with Crippen LogP contribution in [-0.4, -0.2) is 29.7 Å². The lowest BCUT2D eigenvalue weighted by Gasteiger charge is -2.07. The van der Waals surface area contributed by atoms with E-state index in [1.807, 2.05) is 6.92 Å². The van der Waals surface area contributed by atoms with Gasteiger partial charge >= 0.3 is 0 Å². The topological polar surface area (TPSA) is 47.0 Å². The van der Waals surface area contributed by atoms with Crippen LogP contribution < -0.4 is 5.32 Å². The highest BCUT2D eigenvalue weighted by Gasteiger charge is 1.96. The molecule has 0 unspecified atom stereocenters. The first-order valence-electron chi connectivity index (χ1n) is 5.78. The van der Waals surface area contributed by atoms with Crippen molar-refractivity contribution in [1.29, 1.82) is 0 Å². The highest BCUT2D eigenvalue weighted by atomic mass is 16.5. The van der Waals surface area contributed by atoms with Crippen molar-refractivity contribution in [2.24, 2.45) is 5.92 Å². The van der Waals surface area contributed by atoms with Gasteiger partial charge in [-0.1, -0.05) is 13.8 Å². The molecule has 90 valence electrons. The van der Waals surface area contributed by atoms with Gasteiger partial charge in [-0.2, -0.15) is 0 Å². The second kappa shape index (κ2) is 7.17. The molecule has 4 heteroatoms. The van der Waals surface area contributed by atoms with Gasteiger partial charge in [0, 0.05) is 25.5 Å². The number of aryl methyl sites for hydroxylation is 1. The number of hydrogen-bond donors (Lipinski definition) is 1. The van der Waals surface area contributed by atoms with Crippen molar-refractivity contribution in [3.8, 4) is 0 Å². The first-order valence-corrected chi connectivity index (χ1v) is 5.78. The Morgan fingerprint density at radius 3 is 2.56 bits per heavy atom.